The Morgan fingerprint density at radius 2 is 1.76 bits per heavy atom. The second-order valence-corrected chi connectivity index (χ2v) is 5.79. The van der Waals surface area contributed by atoms with Crippen LogP contribution in [-0.2, 0) is 0 Å². The van der Waals surface area contributed by atoms with E-state index in [4.69, 9.17) is 0 Å². The van der Waals surface area contributed by atoms with Gasteiger partial charge in [0.05, 0.1) is 5.70 Å². The largest absolute Gasteiger partial charge is 0.258 e. The van der Waals surface area contributed by atoms with Gasteiger partial charge in [0.2, 0.25) is 0 Å². The van der Waals surface area contributed by atoms with Crippen LogP contribution in [0.25, 0.3) is 0 Å². The van der Waals surface area contributed by atoms with Crippen LogP contribution in [0.1, 0.15) is 54.4 Å². The smallest absolute Gasteiger partial charge is 0.0665 e. The molecule has 0 fully saturated rings. The van der Waals surface area contributed by atoms with Gasteiger partial charge in [0.25, 0.3) is 0 Å². The molecule has 2 heteroatoms. The summed E-state index contributed by atoms with van der Waals surface area (Å²) < 4.78 is 0. The molecule has 2 nitrogen and oxygen atoms in total. The molecule has 0 N–H and O–H groups in total. The van der Waals surface area contributed by atoms with E-state index in [0.717, 1.165) is 30.0 Å². The molecule has 2 heterocycles. The predicted octanol–water partition coefficient (Wildman–Crippen LogP) is 5.40. The Morgan fingerprint density at radius 3 is 2.29 bits per heavy atom. The highest BCUT2D eigenvalue weighted by Gasteiger charge is 2.20. The molecule has 2 aliphatic rings. The Balaban J connectivity index is 2.14. The molecule has 2 aliphatic heterocycles. The summed E-state index contributed by atoms with van der Waals surface area (Å²) in [5, 5.41) is 0. The first-order valence-corrected chi connectivity index (χ1v) is 7.91. The van der Waals surface area contributed by atoms with E-state index in [9.17, 15) is 0 Å². The summed E-state index contributed by atoms with van der Waals surface area (Å²) in [6, 6.07) is 0. The van der Waals surface area contributed by atoms with Gasteiger partial charge in [0.15, 0.2) is 0 Å². The fraction of sp³-hybridized carbons (Fsp3) is 0.474. The Kier molecular flexibility index (Phi) is 4.76. The molecule has 0 bridgehead atoms. The summed E-state index contributed by atoms with van der Waals surface area (Å²) in [5.41, 5.74) is 8.76. The summed E-state index contributed by atoms with van der Waals surface area (Å²) in [6.45, 7) is 13.0. The van der Waals surface area contributed by atoms with Crippen LogP contribution < -0.4 is 0 Å². The van der Waals surface area contributed by atoms with Gasteiger partial charge in [-0.1, -0.05) is 26.8 Å². The molecule has 21 heavy (non-hydrogen) atoms. The van der Waals surface area contributed by atoms with Crippen molar-refractivity contribution < 1.29 is 0 Å². The number of rotatable bonds is 4. The van der Waals surface area contributed by atoms with Crippen LogP contribution in [0.5, 0.6) is 0 Å². The van der Waals surface area contributed by atoms with Gasteiger partial charge in [0, 0.05) is 23.0 Å². The standard InChI is InChI=1S/C19H26N2/c1-7-16-12(3)18(20-14(16)5)10-9-11-19-13(4)17(8-2)15(6)21-19/h9-12H,7-8H2,1-6H3/b10-9+,19-11-. The van der Waals surface area contributed by atoms with Gasteiger partial charge in [-0.3, -0.25) is 9.98 Å². The average molecular weight is 282 g/mol. The molecule has 0 aliphatic carbocycles. The molecule has 0 aromatic carbocycles. The first-order chi connectivity index (χ1) is 9.99. The third kappa shape index (κ3) is 2.99. The minimum Gasteiger partial charge on any atom is -0.258 e. The third-order valence-electron chi connectivity index (χ3n) is 4.55. The van der Waals surface area contributed by atoms with Crippen molar-refractivity contribution in [1.82, 2.24) is 0 Å². The summed E-state index contributed by atoms with van der Waals surface area (Å²) in [4.78, 5) is 9.34. The van der Waals surface area contributed by atoms with Gasteiger partial charge in [-0.05, 0) is 62.5 Å². The predicted molar refractivity (Wildman–Crippen MR) is 92.9 cm³/mol. The average Bonchev–Trinajstić information content (AvgIpc) is 2.87. The van der Waals surface area contributed by atoms with Gasteiger partial charge in [0.1, 0.15) is 0 Å². The second kappa shape index (κ2) is 6.38. The van der Waals surface area contributed by atoms with Crippen LogP contribution in [0, 0.1) is 5.92 Å². The zero-order valence-corrected chi connectivity index (χ0v) is 14.1. The number of allylic oxidation sites excluding steroid dienone is 7. The van der Waals surface area contributed by atoms with E-state index in [0.29, 0.717) is 5.92 Å². The highest BCUT2D eigenvalue weighted by atomic mass is 14.8. The van der Waals surface area contributed by atoms with Crippen molar-refractivity contribution in [3.05, 3.63) is 46.3 Å². The van der Waals surface area contributed by atoms with Gasteiger partial charge >= 0.3 is 0 Å². The van der Waals surface area contributed by atoms with Crippen LogP contribution in [0.2, 0.25) is 0 Å². The minimum absolute atomic E-state index is 0.446. The summed E-state index contributed by atoms with van der Waals surface area (Å²) >= 11 is 0. The first kappa shape index (κ1) is 15.7. The van der Waals surface area contributed by atoms with Crippen LogP contribution in [0.3, 0.4) is 0 Å². The summed E-state index contributed by atoms with van der Waals surface area (Å²) in [7, 11) is 0. The molecular formula is C19H26N2. The monoisotopic (exact) mass is 282 g/mol. The maximum absolute atomic E-state index is 4.68. The van der Waals surface area contributed by atoms with Gasteiger partial charge in [-0.2, -0.15) is 0 Å². The van der Waals surface area contributed by atoms with Gasteiger partial charge in [-0.15, -0.1) is 0 Å². The summed E-state index contributed by atoms with van der Waals surface area (Å²) in [6.07, 6.45) is 8.46. The quantitative estimate of drug-likeness (QED) is 0.659. The minimum atomic E-state index is 0.446. The number of nitrogens with zero attached hydrogens (tertiary/aromatic N) is 2. The fourth-order valence-corrected chi connectivity index (χ4v) is 3.28. The van der Waals surface area contributed by atoms with E-state index >= 15 is 0 Å². The van der Waals surface area contributed by atoms with Crippen LogP contribution in [0.15, 0.2) is 56.3 Å². The summed E-state index contributed by atoms with van der Waals surface area (Å²) in [5.74, 6) is 0.446. The van der Waals surface area contributed by atoms with Crippen molar-refractivity contribution >= 4 is 11.4 Å². The molecule has 0 aromatic heterocycles. The zero-order chi connectivity index (χ0) is 15.6. The molecule has 2 rings (SSSR count). The molecule has 0 saturated heterocycles. The molecule has 0 spiro atoms. The number of aliphatic imine (C=N–C) groups is 2. The zero-order valence-electron chi connectivity index (χ0n) is 14.1. The lowest BCUT2D eigenvalue weighted by Gasteiger charge is -2.07. The molecule has 0 radical (unpaired) electrons. The van der Waals surface area contributed by atoms with Crippen molar-refractivity contribution in [2.75, 3.05) is 0 Å². The van der Waals surface area contributed by atoms with Crippen LogP contribution in [-0.4, -0.2) is 11.4 Å². The van der Waals surface area contributed by atoms with Gasteiger partial charge < -0.3 is 0 Å². The topological polar surface area (TPSA) is 24.7 Å². The highest BCUT2D eigenvalue weighted by molar-refractivity contribution is 6.03. The van der Waals surface area contributed by atoms with Crippen molar-refractivity contribution in [2.45, 2.75) is 54.4 Å². The third-order valence-corrected chi connectivity index (χ3v) is 4.55. The lowest BCUT2D eigenvalue weighted by atomic mass is 9.95. The van der Waals surface area contributed by atoms with Gasteiger partial charge in [-0.25, -0.2) is 0 Å². The van der Waals surface area contributed by atoms with Crippen LogP contribution >= 0.6 is 0 Å². The van der Waals surface area contributed by atoms with Crippen LogP contribution in [0.4, 0.5) is 0 Å². The Labute approximate surface area is 128 Å². The maximum atomic E-state index is 4.68. The number of hydrogen-bond acceptors (Lipinski definition) is 2. The van der Waals surface area contributed by atoms with Crippen molar-refractivity contribution in [3.8, 4) is 0 Å². The Hall–Kier alpha value is -1.70. The van der Waals surface area contributed by atoms with Crippen molar-refractivity contribution in [3.63, 3.8) is 0 Å². The van der Waals surface area contributed by atoms with E-state index in [2.05, 4.69) is 69.8 Å². The highest BCUT2D eigenvalue weighted by Crippen LogP contribution is 2.29. The van der Waals surface area contributed by atoms with E-state index in [1.54, 1.807) is 0 Å². The Morgan fingerprint density at radius 1 is 1.05 bits per heavy atom. The molecule has 1 unspecified atom stereocenters. The first-order valence-electron chi connectivity index (χ1n) is 7.91. The fourth-order valence-electron chi connectivity index (χ4n) is 3.28. The lowest BCUT2D eigenvalue weighted by molar-refractivity contribution is 0.861. The second-order valence-electron chi connectivity index (χ2n) is 5.79. The molecule has 0 saturated carbocycles. The van der Waals surface area contributed by atoms with Crippen molar-refractivity contribution in [1.29, 1.82) is 0 Å². The Bertz CT molecular complexity index is 622. The molecule has 112 valence electrons. The molecule has 0 aromatic rings. The van der Waals surface area contributed by atoms with E-state index in [1.165, 1.54) is 22.4 Å². The molecular weight excluding hydrogens is 256 g/mol. The maximum Gasteiger partial charge on any atom is 0.0665 e. The van der Waals surface area contributed by atoms with E-state index in [1.807, 2.05) is 0 Å². The SMILES string of the molecule is CCC1=C(C)/C(=C/C=C/C2=NC(C)=C(CC)C2C)N=C1C. The molecule has 1 atom stereocenters. The number of hydrogen-bond donors (Lipinski definition) is 0. The van der Waals surface area contributed by atoms with E-state index in [-0.39, 0.29) is 0 Å². The normalized spacial score (nSPS) is 24.7. The molecule has 0 amide bonds. The van der Waals surface area contributed by atoms with E-state index < -0.39 is 0 Å². The van der Waals surface area contributed by atoms with Crippen molar-refractivity contribution in [2.24, 2.45) is 15.9 Å². The lowest BCUT2D eigenvalue weighted by Crippen LogP contribution is -2.05.